The maximum atomic E-state index is 12.2. The molecule has 4 nitrogen and oxygen atoms in total. The molecule has 1 aliphatic heterocycles. The number of benzene rings is 1. The van der Waals surface area contributed by atoms with E-state index in [0.717, 1.165) is 13.0 Å². The van der Waals surface area contributed by atoms with E-state index < -0.39 is 0 Å². The Morgan fingerprint density at radius 3 is 2.83 bits per heavy atom. The monoisotopic (exact) mass is 250 g/mol. The van der Waals surface area contributed by atoms with E-state index >= 15 is 0 Å². The van der Waals surface area contributed by atoms with Gasteiger partial charge in [-0.05, 0) is 24.5 Å². The Labute approximate surface area is 107 Å². The first kappa shape index (κ1) is 12.9. The summed E-state index contributed by atoms with van der Waals surface area (Å²) in [5, 5.41) is 0. The van der Waals surface area contributed by atoms with E-state index in [-0.39, 0.29) is 5.78 Å². The molecule has 0 spiro atoms. The summed E-state index contributed by atoms with van der Waals surface area (Å²) in [5.74, 6) is 1.69. The summed E-state index contributed by atoms with van der Waals surface area (Å²) in [6, 6.07) is 5.27. The van der Waals surface area contributed by atoms with Crippen LogP contribution in [0.5, 0.6) is 11.5 Å². The van der Waals surface area contributed by atoms with Crippen molar-refractivity contribution in [1.82, 2.24) is 0 Å². The van der Waals surface area contributed by atoms with E-state index in [0.29, 0.717) is 36.0 Å². The van der Waals surface area contributed by atoms with Crippen molar-refractivity contribution < 1.29 is 19.0 Å². The molecule has 0 aliphatic carbocycles. The Morgan fingerprint density at radius 2 is 2.22 bits per heavy atom. The predicted molar refractivity (Wildman–Crippen MR) is 67.4 cm³/mol. The molecule has 1 saturated heterocycles. The minimum atomic E-state index is 0.102. The Kier molecular flexibility index (Phi) is 4.20. The van der Waals surface area contributed by atoms with Crippen LogP contribution in [-0.2, 0) is 4.74 Å². The zero-order valence-corrected chi connectivity index (χ0v) is 10.8. The van der Waals surface area contributed by atoms with Gasteiger partial charge in [-0.25, -0.2) is 0 Å². The molecular formula is C14H18O4. The molecule has 0 amide bonds. The number of carbonyl (C=O) groups is 1. The second-order valence-corrected chi connectivity index (χ2v) is 4.42. The largest absolute Gasteiger partial charge is 0.497 e. The lowest BCUT2D eigenvalue weighted by atomic mass is 9.97. The van der Waals surface area contributed by atoms with E-state index in [1.165, 1.54) is 0 Å². The Morgan fingerprint density at radius 1 is 1.39 bits per heavy atom. The average molecular weight is 250 g/mol. The molecule has 2 rings (SSSR count). The number of ether oxygens (including phenoxy) is 3. The summed E-state index contributed by atoms with van der Waals surface area (Å²) in [7, 11) is 3.15. The van der Waals surface area contributed by atoms with E-state index in [9.17, 15) is 4.79 Å². The van der Waals surface area contributed by atoms with Crippen LogP contribution in [0, 0.1) is 5.92 Å². The molecule has 1 aliphatic rings. The quantitative estimate of drug-likeness (QED) is 0.752. The zero-order valence-electron chi connectivity index (χ0n) is 10.8. The van der Waals surface area contributed by atoms with E-state index in [1.807, 2.05) is 0 Å². The summed E-state index contributed by atoms with van der Waals surface area (Å²) in [5.41, 5.74) is 0.616. The standard InChI is InChI=1S/C14H18O4/c1-16-11-3-4-12(14(8-11)17-2)13(15)7-10-5-6-18-9-10/h3-4,8,10H,5-7,9H2,1-2H3. The Bertz CT molecular complexity index is 422. The van der Waals surface area contributed by atoms with Crippen LogP contribution in [0.25, 0.3) is 0 Å². The minimum absolute atomic E-state index is 0.102. The Hall–Kier alpha value is -1.55. The van der Waals surface area contributed by atoms with Crippen molar-refractivity contribution in [2.75, 3.05) is 27.4 Å². The van der Waals surface area contributed by atoms with Crippen LogP contribution < -0.4 is 9.47 Å². The molecule has 1 unspecified atom stereocenters. The van der Waals surface area contributed by atoms with Crippen molar-refractivity contribution in [2.45, 2.75) is 12.8 Å². The van der Waals surface area contributed by atoms with Gasteiger partial charge in [0, 0.05) is 25.7 Å². The molecule has 1 heterocycles. The van der Waals surface area contributed by atoms with Crippen LogP contribution in [0.15, 0.2) is 18.2 Å². The lowest BCUT2D eigenvalue weighted by Crippen LogP contribution is -2.10. The Balaban J connectivity index is 2.13. The zero-order chi connectivity index (χ0) is 13.0. The molecule has 1 atom stereocenters. The molecule has 0 saturated carbocycles. The van der Waals surface area contributed by atoms with Crippen molar-refractivity contribution >= 4 is 5.78 Å². The van der Waals surface area contributed by atoms with E-state index in [2.05, 4.69) is 0 Å². The van der Waals surface area contributed by atoms with Crippen molar-refractivity contribution in [3.05, 3.63) is 23.8 Å². The van der Waals surface area contributed by atoms with Gasteiger partial charge in [0.1, 0.15) is 11.5 Å². The number of Topliss-reactive ketones (excluding diaryl/α,β-unsaturated/α-hetero) is 1. The summed E-state index contributed by atoms with van der Waals surface area (Å²) in [4.78, 5) is 12.2. The van der Waals surface area contributed by atoms with Gasteiger partial charge < -0.3 is 14.2 Å². The molecule has 4 heteroatoms. The van der Waals surface area contributed by atoms with Crippen LogP contribution in [0.2, 0.25) is 0 Å². The highest BCUT2D eigenvalue weighted by molar-refractivity contribution is 5.99. The van der Waals surface area contributed by atoms with Gasteiger partial charge >= 0.3 is 0 Å². The SMILES string of the molecule is COc1ccc(C(=O)CC2CCOC2)c(OC)c1. The maximum Gasteiger partial charge on any atom is 0.166 e. The van der Waals surface area contributed by atoms with E-state index in [1.54, 1.807) is 32.4 Å². The maximum absolute atomic E-state index is 12.2. The number of rotatable bonds is 5. The lowest BCUT2D eigenvalue weighted by molar-refractivity contribution is 0.0949. The summed E-state index contributed by atoms with van der Waals surface area (Å²) in [6.45, 7) is 1.45. The predicted octanol–water partition coefficient (Wildman–Crippen LogP) is 2.31. The summed E-state index contributed by atoms with van der Waals surface area (Å²) < 4.78 is 15.6. The molecule has 1 aromatic carbocycles. The van der Waals surface area contributed by atoms with Crippen LogP contribution in [0.1, 0.15) is 23.2 Å². The molecule has 0 bridgehead atoms. The van der Waals surface area contributed by atoms with Crippen molar-refractivity contribution in [3.8, 4) is 11.5 Å². The fourth-order valence-corrected chi connectivity index (χ4v) is 2.15. The molecule has 18 heavy (non-hydrogen) atoms. The van der Waals surface area contributed by atoms with Crippen molar-refractivity contribution in [1.29, 1.82) is 0 Å². The molecular weight excluding hydrogens is 232 g/mol. The van der Waals surface area contributed by atoms with Gasteiger partial charge in [0.2, 0.25) is 0 Å². The molecule has 0 N–H and O–H groups in total. The van der Waals surface area contributed by atoms with Crippen molar-refractivity contribution in [2.24, 2.45) is 5.92 Å². The first-order valence-electron chi connectivity index (χ1n) is 6.07. The number of carbonyl (C=O) groups excluding carboxylic acids is 1. The topological polar surface area (TPSA) is 44.8 Å². The average Bonchev–Trinajstić information content (AvgIpc) is 2.90. The second-order valence-electron chi connectivity index (χ2n) is 4.42. The van der Waals surface area contributed by atoms with Gasteiger partial charge in [-0.1, -0.05) is 0 Å². The molecule has 1 aromatic rings. The minimum Gasteiger partial charge on any atom is -0.497 e. The summed E-state index contributed by atoms with van der Waals surface area (Å²) in [6.07, 6.45) is 1.48. The smallest absolute Gasteiger partial charge is 0.166 e. The van der Waals surface area contributed by atoms with Gasteiger partial charge in [-0.15, -0.1) is 0 Å². The van der Waals surface area contributed by atoms with E-state index in [4.69, 9.17) is 14.2 Å². The molecule has 0 aromatic heterocycles. The first-order chi connectivity index (χ1) is 8.74. The van der Waals surface area contributed by atoms with Gasteiger partial charge in [0.25, 0.3) is 0 Å². The van der Waals surface area contributed by atoms with Gasteiger partial charge in [-0.2, -0.15) is 0 Å². The fraction of sp³-hybridized carbons (Fsp3) is 0.500. The highest BCUT2D eigenvalue weighted by atomic mass is 16.5. The third-order valence-corrected chi connectivity index (χ3v) is 3.21. The lowest BCUT2D eigenvalue weighted by Gasteiger charge is -2.11. The van der Waals surface area contributed by atoms with Gasteiger partial charge in [-0.3, -0.25) is 4.79 Å². The van der Waals surface area contributed by atoms with Crippen LogP contribution >= 0.6 is 0 Å². The molecule has 1 fully saturated rings. The first-order valence-corrected chi connectivity index (χ1v) is 6.07. The highest BCUT2D eigenvalue weighted by Gasteiger charge is 2.22. The third-order valence-electron chi connectivity index (χ3n) is 3.21. The van der Waals surface area contributed by atoms with Crippen LogP contribution in [-0.4, -0.2) is 33.2 Å². The number of hydrogen-bond donors (Lipinski definition) is 0. The third kappa shape index (κ3) is 2.82. The van der Waals surface area contributed by atoms with Gasteiger partial charge in [0.15, 0.2) is 5.78 Å². The second kappa shape index (κ2) is 5.87. The van der Waals surface area contributed by atoms with Crippen LogP contribution in [0.3, 0.4) is 0 Å². The molecule has 0 radical (unpaired) electrons. The number of methoxy groups -OCH3 is 2. The van der Waals surface area contributed by atoms with Crippen molar-refractivity contribution in [3.63, 3.8) is 0 Å². The fourth-order valence-electron chi connectivity index (χ4n) is 2.15. The van der Waals surface area contributed by atoms with Gasteiger partial charge in [0.05, 0.1) is 19.8 Å². The molecule has 98 valence electrons. The summed E-state index contributed by atoms with van der Waals surface area (Å²) >= 11 is 0. The highest BCUT2D eigenvalue weighted by Crippen LogP contribution is 2.27. The number of hydrogen-bond acceptors (Lipinski definition) is 4. The number of ketones is 1. The normalized spacial score (nSPS) is 18.7. The van der Waals surface area contributed by atoms with Crippen LogP contribution in [0.4, 0.5) is 0 Å².